The maximum atomic E-state index is 11.6. The van der Waals surface area contributed by atoms with Crippen LogP contribution in [-0.2, 0) is 27.3 Å². The molecule has 0 aliphatic heterocycles. The summed E-state index contributed by atoms with van der Waals surface area (Å²) in [5, 5.41) is 9.48. The van der Waals surface area contributed by atoms with Crippen molar-refractivity contribution in [2.45, 2.75) is 34.1 Å². The number of aromatic carboxylic acids is 1. The zero-order chi connectivity index (χ0) is 20.0. The predicted molar refractivity (Wildman–Crippen MR) is 108 cm³/mol. The summed E-state index contributed by atoms with van der Waals surface area (Å²) in [5.41, 5.74) is 3.46. The zero-order valence-electron chi connectivity index (χ0n) is 15.9. The zero-order valence-corrected chi connectivity index (χ0v) is 17.6. The summed E-state index contributed by atoms with van der Waals surface area (Å²) in [6, 6.07) is 7.41. The van der Waals surface area contributed by atoms with E-state index in [0.717, 1.165) is 22.3 Å². The van der Waals surface area contributed by atoms with E-state index in [-0.39, 0.29) is 0 Å². The van der Waals surface area contributed by atoms with Gasteiger partial charge in [-0.2, -0.15) is 0 Å². The molecule has 0 bridgehead atoms. The Labute approximate surface area is 164 Å². The van der Waals surface area contributed by atoms with Gasteiger partial charge in [0.15, 0.2) is 0 Å². The van der Waals surface area contributed by atoms with Gasteiger partial charge in [-0.3, -0.25) is 9.05 Å². The van der Waals surface area contributed by atoms with Crippen molar-refractivity contribution >= 4 is 24.5 Å². The first-order valence-corrected chi connectivity index (χ1v) is 11.2. The van der Waals surface area contributed by atoms with Gasteiger partial charge in [0.25, 0.3) is 0 Å². The fourth-order valence-corrected chi connectivity index (χ4v) is 4.80. The van der Waals surface area contributed by atoms with Crippen LogP contribution in [0.25, 0.3) is 0 Å². The highest BCUT2D eigenvalue weighted by Gasteiger charge is 2.24. The largest absolute Gasteiger partial charge is 0.478 e. The second-order valence-corrected chi connectivity index (χ2v) is 8.80. The SMILES string of the molecule is CCOP(=S)(OCC)Oc1ncccc1Cc1ccc(C)c(C(=O)O)c1C. The van der Waals surface area contributed by atoms with Crippen molar-refractivity contribution in [1.29, 1.82) is 0 Å². The molecule has 0 fully saturated rings. The fraction of sp³-hybridized carbons (Fsp3) is 0.368. The van der Waals surface area contributed by atoms with Crippen molar-refractivity contribution in [2.24, 2.45) is 0 Å². The summed E-state index contributed by atoms with van der Waals surface area (Å²) in [7, 11) is 0. The molecule has 0 aliphatic carbocycles. The lowest BCUT2D eigenvalue weighted by Gasteiger charge is -2.22. The van der Waals surface area contributed by atoms with Crippen molar-refractivity contribution in [1.82, 2.24) is 4.98 Å². The smallest absolute Gasteiger partial charge is 0.381 e. The van der Waals surface area contributed by atoms with Crippen LogP contribution in [0, 0.1) is 13.8 Å². The molecule has 0 saturated carbocycles. The molecule has 1 aromatic carbocycles. The molecule has 0 saturated heterocycles. The van der Waals surface area contributed by atoms with Gasteiger partial charge >= 0.3 is 12.7 Å². The monoisotopic (exact) mass is 409 g/mol. The highest BCUT2D eigenvalue weighted by Crippen LogP contribution is 2.50. The number of carboxylic acid groups (broad SMARTS) is 1. The van der Waals surface area contributed by atoms with Gasteiger partial charge in [-0.25, -0.2) is 9.78 Å². The van der Waals surface area contributed by atoms with Crippen molar-refractivity contribution in [2.75, 3.05) is 13.2 Å². The van der Waals surface area contributed by atoms with Crippen LogP contribution < -0.4 is 4.52 Å². The summed E-state index contributed by atoms with van der Waals surface area (Å²) in [6.07, 6.45) is 2.07. The van der Waals surface area contributed by atoms with Crippen LogP contribution in [0.3, 0.4) is 0 Å². The van der Waals surface area contributed by atoms with Crippen LogP contribution in [0.4, 0.5) is 0 Å². The van der Waals surface area contributed by atoms with Crippen LogP contribution in [0.5, 0.6) is 5.88 Å². The summed E-state index contributed by atoms with van der Waals surface area (Å²) in [4.78, 5) is 15.9. The van der Waals surface area contributed by atoms with Crippen molar-refractivity contribution < 1.29 is 23.5 Å². The molecule has 6 nitrogen and oxygen atoms in total. The van der Waals surface area contributed by atoms with Gasteiger partial charge in [-0.15, -0.1) is 0 Å². The van der Waals surface area contributed by atoms with Crippen LogP contribution in [0.2, 0.25) is 0 Å². The molecule has 0 radical (unpaired) electrons. The summed E-state index contributed by atoms with van der Waals surface area (Å²) >= 11 is 5.43. The Hall–Kier alpha value is -1.79. The Morgan fingerprint density at radius 3 is 2.41 bits per heavy atom. The fourth-order valence-electron chi connectivity index (χ4n) is 2.77. The quantitative estimate of drug-likeness (QED) is 0.603. The lowest BCUT2D eigenvalue weighted by molar-refractivity contribution is 0.0695. The van der Waals surface area contributed by atoms with Crippen LogP contribution in [-0.4, -0.2) is 29.3 Å². The molecule has 27 heavy (non-hydrogen) atoms. The number of hydrogen-bond acceptors (Lipinski definition) is 6. The second-order valence-electron chi connectivity index (χ2n) is 5.87. The van der Waals surface area contributed by atoms with E-state index in [4.69, 9.17) is 25.4 Å². The molecule has 1 heterocycles. The molecule has 2 rings (SSSR count). The van der Waals surface area contributed by atoms with E-state index in [9.17, 15) is 9.90 Å². The van der Waals surface area contributed by atoms with Gasteiger partial charge < -0.3 is 9.63 Å². The molecule has 0 atom stereocenters. The van der Waals surface area contributed by atoms with E-state index in [2.05, 4.69) is 4.98 Å². The first-order valence-electron chi connectivity index (χ1n) is 8.66. The average molecular weight is 409 g/mol. The standard InChI is InChI=1S/C19H24NO5PS/c1-5-23-26(27,24-6-2)25-18-16(8-7-11-20-18)12-15-10-9-13(3)17(14(15)4)19(21)22/h7-11H,5-6,12H2,1-4H3,(H,21,22). The third-order valence-corrected chi connectivity index (χ3v) is 6.40. The third-order valence-electron chi connectivity index (χ3n) is 4.00. The van der Waals surface area contributed by atoms with E-state index < -0.39 is 12.7 Å². The molecule has 0 amide bonds. The Morgan fingerprint density at radius 2 is 1.81 bits per heavy atom. The van der Waals surface area contributed by atoms with E-state index in [1.54, 1.807) is 19.2 Å². The number of pyridine rings is 1. The normalized spacial score (nSPS) is 11.4. The average Bonchev–Trinajstić information content (AvgIpc) is 2.59. The number of carboxylic acids is 1. The summed E-state index contributed by atoms with van der Waals surface area (Å²) in [6.45, 7) is 5.06. The molecule has 0 spiro atoms. The number of hydrogen-bond donors (Lipinski definition) is 1. The maximum Gasteiger partial charge on any atom is 0.381 e. The molecule has 0 unspecified atom stereocenters. The van der Waals surface area contributed by atoms with Crippen LogP contribution in [0.1, 0.15) is 46.5 Å². The Morgan fingerprint density at radius 1 is 1.15 bits per heavy atom. The van der Waals surface area contributed by atoms with Gasteiger partial charge in [0.1, 0.15) is 0 Å². The number of aromatic nitrogens is 1. The lowest BCUT2D eigenvalue weighted by Crippen LogP contribution is -2.08. The molecule has 1 N–H and O–H groups in total. The molecule has 0 aliphatic rings. The Balaban J connectivity index is 2.38. The first kappa shape index (κ1) is 21.5. The van der Waals surface area contributed by atoms with E-state index in [1.807, 2.05) is 39.0 Å². The number of carbonyl (C=O) groups is 1. The van der Waals surface area contributed by atoms with E-state index in [1.165, 1.54) is 0 Å². The van der Waals surface area contributed by atoms with E-state index >= 15 is 0 Å². The van der Waals surface area contributed by atoms with Crippen LogP contribution in [0.15, 0.2) is 30.5 Å². The lowest BCUT2D eigenvalue weighted by atomic mass is 9.94. The minimum Gasteiger partial charge on any atom is -0.478 e. The van der Waals surface area contributed by atoms with Gasteiger partial charge in [0.2, 0.25) is 5.88 Å². The molecule has 2 aromatic rings. The van der Waals surface area contributed by atoms with Crippen molar-refractivity contribution in [3.8, 4) is 5.88 Å². The van der Waals surface area contributed by atoms with Gasteiger partial charge in [-0.1, -0.05) is 18.2 Å². The molecular formula is C19H24NO5PS. The highest BCUT2D eigenvalue weighted by molar-refractivity contribution is 8.07. The molecule has 146 valence electrons. The number of aryl methyl sites for hydroxylation is 1. The third kappa shape index (κ3) is 5.36. The van der Waals surface area contributed by atoms with Gasteiger partial charge in [0.05, 0.1) is 18.8 Å². The molecule has 8 heteroatoms. The van der Waals surface area contributed by atoms with Gasteiger partial charge in [-0.05, 0) is 50.5 Å². The minimum atomic E-state index is -2.94. The molecular weight excluding hydrogens is 385 g/mol. The second kappa shape index (κ2) is 9.42. The highest BCUT2D eigenvalue weighted by atomic mass is 32.5. The number of rotatable bonds is 9. The Bertz CT molecular complexity index is 861. The maximum absolute atomic E-state index is 11.6. The Kier molecular flexibility index (Phi) is 7.50. The minimum absolute atomic E-state index is 0.326. The predicted octanol–water partition coefficient (Wildman–Crippen LogP) is 4.66. The number of benzene rings is 1. The van der Waals surface area contributed by atoms with Crippen LogP contribution >= 0.6 is 6.72 Å². The van der Waals surface area contributed by atoms with Crippen molar-refractivity contribution in [3.05, 3.63) is 58.3 Å². The topological polar surface area (TPSA) is 77.9 Å². The summed E-state index contributed by atoms with van der Waals surface area (Å²) < 4.78 is 16.9. The number of nitrogens with zero attached hydrogens (tertiary/aromatic N) is 1. The summed E-state index contributed by atoms with van der Waals surface area (Å²) in [5.74, 6) is -0.586. The van der Waals surface area contributed by atoms with E-state index in [0.29, 0.717) is 31.1 Å². The molecule has 1 aromatic heterocycles. The van der Waals surface area contributed by atoms with Gasteiger partial charge in [0, 0.05) is 30.0 Å². The first-order chi connectivity index (χ1) is 12.8. The van der Waals surface area contributed by atoms with Crippen molar-refractivity contribution in [3.63, 3.8) is 0 Å².